The summed E-state index contributed by atoms with van der Waals surface area (Å²) in [5, 5.41) is 7.76. The number of aryl methyl sites for hydroxylation is 1. The molecule has 2 amide bonds. The molecule has 156 valence electrons. The zero-order valence-corrected chi connectivity index (χ0v) is 18.1. The van der Waals surface area contributed by atoms with Crippen molar-refractivity contribution in [1.29, 1.82) is 0 Å². The van der Waals surface area contributed by atoms with Crippen LogP contribution in [0.2, 0.25) is 10.0 Å². The van der Waals surface area contributed by atoms with Crippen LogP contribution in [0.3, 0.4) is 0 Å². The van der Waals surface area contributed by atoms with E-state index in [2.05, 4.69) is 15.8 Å². The molecule has 7 nitrogen and oxygen atoms in total. The topological polar surface area (TPSA) is 84.7 Å². The molecule has 2 aromatic rings. The predicted octanol–water partition coefficient (Wildman–Crippen LogP) is 3.39. The first kappa shape index (κ1) is 22.9. The van der Waals surface area contributed by atoms with Crippen molar-refractivity contribution in [2.45, 2.75) is 26.7 Å². The van der Waals surface area contributed by atoms with Crippen LogP contribution in [0.25, 0.3) is 5.69 Å². The highest BCUT2D eigenvalue weighted by Crippen LogP contribution is 2.28. The fraction of sp³-hybridized carbons (Fsp3) is 0.350. The molecule has 9 heteroatoms. The summed E-state index contributed by atoms with van der Waals surface area (Å²) in [5.74, 6) is -0.847. The lowest BCUT2D eigenvalue weighted by Crippen LogP contribution is -2.30. The summed E-state index contributed by atoms with van der Waals surface area (Å²) in [4.78, 5) is 23.5. The molecule has 0 aliphatic carbocycles. The Morgan fingerprint density at radius 1 is 1.21 bits per heavy atom. The lowest BCUT2D eigenvalue weighted by Gasteiger charge is -2.12. The average molecular weight is 439 g/mol. The largest absolute Gasteiger partial charge is 0.385 e. The van der Waals surface area contributed by atoms with Gasteiger partial charge < -0.3 is 14.6 Å². The van der Waals surface area contributed by atoms with Crippen molar-refractivity contribution in [3.63, 3.8) is 0 Å². The summed E-state index contributed by atoms with van der Waals surface area (Å²) < 4.78 is 6.86. The smallest absolute Gasteiger partial charge is 0.249 e. The molecule has 0 radical (unpaired) electrons. The number of ether oxygens (including phenoxy) is 1. The zero-order valence-electron chi connectivity index (χ0n) is 16.6. The molecule has 0 spiro atoms. The summed E-state index contributed by atoms with van der Waals surface area (Å²) in [6.45, 7) is 4.87. The second kappa shape index (κ2) is 11.0. The average Bonchev–Trinajstić information content (AvgIpc) is 2.94. The van der Waals surface area contributed by atoms with Crippen molar-refractivity contribution in [1.82, 2.24) is 15.3 Å². The molecule has 1 heterocycles. The van der Waals surface area contributed by atoms with Crippen molar-refractivity contribution in [2.24, 2.45) is 5.10 Å². The van der Waals surface area contributed by atoms with E-state index >= 15 is 0 Å². The minimum atomic E-state index is -0.489. The molecule has 1 aromatic heterocycles. The van der Waals surface area contributed by atoms with E-state index < -0.39 is 5.91 Å². The minimum Gasteiger partial charge on any atom is -0.385 e. The Morgan fingerprint density at radius 3 is 2.69 bits per heavy atom. The summed E-state index contributed by atoms with van der Waals surface area (Å²) >= 11 is 12.4. The Hall–Kier alpha value is -2.35. The maximum absolute atomic E-state index is 11.8. The number of carbonyl (C=O) groups is 2. The maximum Gasteiger partial charge on any atom is 0.249 e. The third kappa shape index (κ3) is 6.59. The van der Waals surface area contributed by atoms with E-state index in [1.54, 1.807) is 25.3 Å². The van der Waals surface area contributed by atoms with Gasteiger partial charge >= 0.3 is 0 Å². The van der Waals surface area contributed by atoms with Gasteiger partial charge in [-0.2, -0.15) is 5.10 Å². The summed E-state index contributed by atoms with van der Waals surface area (Å²) in [6.07, 6.45) is 1.93. The molecule has 0 saturated carbocycles. The van der Waals surface area contributed by atoms with Crippen LogP contribution < -0.4 is 10.7 Å². The molecule has 2 N–H and O–H groups in total. The van der Waals surface area contributed by atoms with E-state index in [9.17, 15) is 9.59 Å². The monoisotopic (exact) mass is 438 g/mol. The minimum absolute atomic E-state index is 0.290. The second-order valence-electron chi connectivity index (χ2n) is 6.42. The highest BCUT2D eigenvalue weighted by Gasteiger charge is 2.13. The predicted molar refractivity (Wildman–Crippen MR) is 115 cm³/mol. The number of amides is 2. The summed E-state index contributed by atoms with van der Waals surface area (Å²) in [6, 6.07) is 7.18. The van der Waals surface area contributed by atoms with Gasteiger partial charge in [0.1, 0.15) is 6.42 Å². The van der Waals surface area contributed by atoms with Crippen LogP contribution in [0.5, 0.6) is 0 Å². The number of nitrogens with zero attached hydrogens (tertiary/aromatic N) is 2. The molecule has 1 aromatic carbocycles. The van der Waals surface area contributed by atoms with Crippen molar-refractivity contribution in [2.75, 3.05) is 20.3 Å². The summed E-state index contributed by atoms with van der Waals surface area (Å²) in [7, 11) is 1.59. The highest BCUT2D eigenvalue weighted by molar-refractivity contribution is 6.34. The molecule has 2 rings (SSSR count). The number of rotatable bonds is 9. The molecule has 0 saturated heterocycles. The fourth-order valence-corrected chi connectivity index (χ4v) is 3.18. The molecule has 29 heavy (non-hydrogen) atoms. The number of halogens is 2. The Labute approximate surface area is 180 Å². The van der Waals surface area contributed by atoms with Crippen LogP contribution in [0.15, 0.2) is 29.4 Å². The first-order valence-electron chi connectivity index (χ1n) is 9.05. The van der Waals surface area contributed by atoms with E-state index in [0.717, 1.165) is 22.6 Å². The highest BCUT2D eigenvalue weighted by atomic mass is 35.5. The number of benzene rings is 1. The van der Waals surface area contributed by atoms with Crippen LogP contribution in [-0.2, 0) is 14.3 Å². The van der Waals surface area contributed by atoms with E-state index in [1.165, 1.54) is 6.21 Å². The Bertz CT molecular complexity index is 909. The molecular formula is C20H24Cl2N4O3. The third-order valence-electron chi connectivity index (χ3n) is 4.18. The van der Waals surface area contributed by atoms with Crippen molar-refractivity contribution < 1.29 is 14.3 Å². The molecule has 0 bridgehead atoms. The van der Waals surface area contributed by atoms with Crippen molar-refractivity contribution >= 4 is 41.2 Å². The first-order chi connectivity index (χ1) is 13.8. The van der Waals surface area contributed by atoms with Gasteiger partial charge in [-0.25, -0.2) is 5.43 Å². The van der Waals surface area contributed by atoms with Gasteiger partial charge in [-0.3, -0.25) is 9.59 Å². The van der Waals surface area contributed by atoms with E-state index in [4.69, 9.17) is 27.9 Å². The number of nitrogens with one attached hydrogen (secondary N) is 2. The van der Waals surface area contributed by atoms with E-state index in [0.29, 0.717) is 29.6 Å². The van der Waals surface area contributed by atoms with Crippen molar-refractivity contribution in [3.05, 3.63) is 51.3 Å². The Kier molecular flexibility index (Phi) is 8.70. The van der Waals surface area contributed by atoms with Gasteiger partial charge in [0.2, 0.25) is 11.8 Å². The third-order valence-corrected chi connectivity index (χ3v) is 4.74. The van der Waals surface area contributed by atoms with Gasteiger partial charge in [-0.15, -0.1) is 0 Å². The number of hydrazone groups is 1. The first-order valence-corrected chi connectivity index (χ1v) is 9.81. The van der Waals surface area contributed by atoms with Gasteiger partial charge in [-0.1, -0.05) is 23.2 Å². The van der Waals surface area contributed by atoms with Gasteiger partial charge in [-0.05, 0) is 44.5 Å². The number of carbonyl (C=O) groups excluding carboxylic acids is 2. The Morgan fingerprint density at radius 2 is 1.97 bits per heavy atom. The number of hydrogen-bond acceptors (Lipinski definition) is 4. The second-order valence-corrected chi connectivity index (χ2v) is 7.27. The Balaban J connectivity index is 1.99. The molecule has 0 aliphatic rings. The summed E-state index contributed by atoms with van der Waals surface area (Å²) in [5.41, 5.74) is 5.77. The molecule has 0 fully saturated rings. The fourth-order valence-electron chi connectivity index (χ4n) is 2.81. The number of hydrogen-bond donors (Lipinski definition) is 2. The number of methoxy groups -OCH3 is 1. The van der Waals surface area contributed by atoms with Crippen molar-refractivity contribution in [3.8, 4) is 5.69 Å². The van der Waals surface area contributed by atoms with Gasteiger partial charge in [0.15, 0.2) is 0 Å². The van der Waals surface area contributed by atoms with Crippen LogP contribution in [0.4, 0.5) is 0 Å². The molecule has 0 aliphatic heterocycles. The van der Waals surface area contributed by atoms with E-state index in [1.807, 2.05) is 24.5 Å². The maximum atomic E-state index is 11.8. The van der Waals surface area contributed by atoms with E-state index in [-0.39, 0.29) is 12.3 Å². The van der Waals surface area contributed by atoms with Crippen LogP contribution >= 0.6 is 23.2 Å². The molecular weight excluding hydrogens is 415 g/mol. The molecule has 0 atom stereocenters. The quantitative estimate of drug-likeness (QED) is 0.272. The van der Waals surface area contributed by atoms with Gasteiger partial charge in [0.25, 0.3) is 0 Å². The SMILES string of the molecule is COCCCNC(=O)CC(=O)N/N=C/c1cc(C)n(-c2cc(Cl)ccc2Cl)c1C. The lowest BCUT2D eigenvalue weighted by molar-refractivity contribution is -0.129. The van der Waals surface area contributed by atoms with Gasteiger partial charge in [0.05, 0.1) is 16.9 Å². The zero-order chi connectivity index (χ0) is 21.4. The van der Waals surface area contributed by atoms with Crippen LogP contribution in [0, 0.1) is 13.8 Å². The van der Waals surface area contributed by atoms with Crippen LogP contribution in [-0.4, -0.2) is 42.9 Å². The van der Waals surface area contributed by atoms with Crippen LogP contribution in [0.1, 0.15) is 29.8 Å². The normalized spacial score (nSPS) is 11.1. The van der Waals surface area contributed by atoms with Gasteiger partial charge in [0, 0.05) is 42.2 Å². The number of aromatic nitrogens is 1. The lowest BCUT2D eigenvalue weighted by atomic mass is 10.2. The standard InChI is InChI=1S/C20H24Cl2N4O3/c1-13-9-15(14(2)26(13)18-10-16(21)5-6-17(18)22)12-24-25-20(28)11-19(27)23-7-4-8-29-3/h5-6,9-10,12H,4,7-8,11H2,1-3H3,(H,23,27)(H,25,28)/b24-12+. The molecule has 0 unspecified atom stereocenters.